The van der Waals surface area contributed by atoms with Crippen LogP contribution >= 0.6 is 0 Å². The molecule has 3 aromatic rings. The summed E-state index contributed by atoms with van der Waals surface area (Å²) in [5, 5.41) is 0. The topological polar surface area (TPSA) is 30.7 Å². The molecular formula is C20H23N3. The third-order valence-electron chi connectivity index (χ3n) is 4.91. The summed E-state index contributed by atoms with van der Waals surface area (Å²) in [6, 6.07) is 13.4. The minimum Gasteiger partial charge on any atom is -0.309 e. The molecule has 3 heteroatoms. The minimum absolute atomic E-state index is 0.559. The molecule has 2 aromatic heterocycles. The first-order valence-electron chi connectivity index (χ1n) is 8.68. The molecule has 23 heavy (non-hydrogen) atoms. The summed E-state index contributed by atoms with van der Waals surface area (Å²) in [5.41, 5.74) is 4.72. The zero-order valence-corrected chi connectivity index (χ0v) is 13.7. The molecule has 1 fully saturated rings. The number of rotatable bonds is 3. The van der Waals surface area contributed by atoms with Gasteiger partial charge in [0.25, 0.3) is 0 Å². The van der Waals surface area contributed by atoms with E-state index in [0.29, 0.717) is 6.04 Å². The fourth-order valence-corrected chi connectivity index (χ4v) is 3.83. The second kappa shape index (κ2) is 6.15. The summed E-state index contributed by atoms with van der Waals surface area (Å²) in [4.78, 5) is 9.55. The van der Waals surface area contributed by atoms with Crippen LogP contribution in [0.5, 0.6) is 0 Å². The number of aromatic nitrogens is 3. The summed E-state index contributed by atoms with van der Waals surface area (Å²) in [7, 11) is 0. The van der Waals surface area contributed by atoms with Gasteiger partial charge >= 0.3 is 0 Å². The van der Waals surface area contributed by atoms with Crippen LogP contribution in [0.3, 0.4) is 0 Å². The van der Waals surface area contributed by atoms with Gasteiger partial charge in [-0.2, -0.15) is 0 Å². The van der Waals surface area contributed by atoms with Gasteiger partial charge < -0.3 is 4.57 Å². The molecule has 1 saturated carbocycles. The Morgan fingerprint density at radius 2 is 1.96 bits per heavy atom. The molecule has 1 aliphatic rings. The first kappa shape index (κ1) is 14.4. The lowest BCUT2D eigenvalue weighted by atomic mass is 9.95. The van der Waals surface area contributed by atoms with Crippen LogP contribution in [0.2, 0.25) is 0 Å². The highest BCUT2D eigenvalue weighted by Crippen LogP contribution is 2.32. The van der Waals surface area contributed by atoms with E-state index >= 15 is 0 Å². The Morgan fingerprint density at radius 1 is 1.09 bits per heavy atom. The summed E-state index contributed by atoms with van der Waals surface area (Å²) >= 11 is 0. The predicted octanol–water partition coefficient (Wildman–Crippen LogP) is 4.84. The van der Waals surface area contributed by atoms with Gasteiger partial charge in [0, 0.05) is 18.7 Å². The van der Waals surface area contributed by atoms with Gasteiger partial charge in [-0.3, -0.25) is 0 Å². The van der Waals surface area contributed by atoms with Crippen molar-refractivity contribution in [1.82, 2.24) is 14.5 Å². The van der Waals surface area contributed by atoms with Crippen LogP contribution in [0, 0.1) is 6.92 Å². The van der Waals surface area contributed by atoms with E-state index in [1.54, 1.807) is 0 Å². The van der Waals surface area contributed by atoms with Gasteiger partial charge in [-0.25, -0.2) is 9.97 Å². The van der Waals surface area contributed by atoms with Crippen molar-refractivity contribution in [3.63, 3.8) is 0 Å². The van der Waals surface area contributed by atoms with Gasteiger partial charge in [-0.15, -0.1) is 0 Å². The second-order valence-electron chi connectivity index (χ2n) is 6.70. The zero-order valence-electron chi connectivity index (χ0n) is 13.7. The molecule has 1 aliphatic carbocycles. The van der Waals surface area contributed by atoms with E-state index in [1.807, 2.05) is 12.3 Å². The zero-order chi connectivity index (χ0) is 15.6. The average Bonchev–Trinajstić information content (AvgIpc) is 2.93. The molecule has 1 aromatic carbocycles. The predicted molar refractivity (Wildman–Crippen MR) is 93.6 cm³/mol. The molecule has 0 aliphatic heterocycles. The second-order valence-corrected chi connectivity index (χ2v) is 6.70. The number of fused-ring (bicyclic) bond motifs is 1. The molecule has 4 rings (SSSR count). The van der Waals surface area contributed by atoms with E-state index in [2.05, 4.69) is 46.8 Å². The van der Waals surface area contributed by atoms with E-state index < -0.39 is 0 Å². The smallest absolute Gasteiger partial charge is 0.160 e. The molecule has 0 N–H and O–H groups in total. The van der Waals surface area contributed by atoms with Gasteiger partial charge in [-0.05, 0) is 37.5 Å². The Balaban J connectivity index is 1.78. The number of hydrogen-bond acceptors (Lipinski definition) is 2. The minimum atomic E-state index is 0.559. The lowest BCUT2D eigenvalue weighted by molar-refractivity contribution is 0.352. The van der Waals surface area contributed by atoms with Gasteiger partial charge in [0.1, 0.15) is 11.3 Å². The van der Waals surface area contributed by atoms with E-state index in [0.717, 1.165) is 23.4 Å². The van der Waals surface area contributed by atoms with Gasteiger partial charge in [0.2, 0.25) is 0 Å². The van der Waals surface area contributed by atoms with Crippen LogP contribution in [-0.2, 0) is 6.42 Å². The van der Waals surface area contributed by atoms with Gasteiger partial charge in [0.15, 0.2) is 5.65 Å². The molecule has 0 radical (unpaired) electrons. The van der Waals surface area contributed by atoms with Crippen LogP contribution in [0.25, 0.3) is 11.2 Å². The third kappa shape index (κ3) is 2.88. The number of hydrogen-bond donors (Lipinski definition) is 0. The highest BCUT2D eigenvalue weighted by molar-refractivity contribution is 5.71. The molecule has 118 valence electrons. The van der Waals surface area contributed by atoms with Crippen LogP contribution < -0.4 is 0 Å². The first-order valence-corrected chi connectivity index (χ1v) is 8.68. The van der Waals surface area contributed by atoms with Crippen LogP contribution in [-0.4, -0.2) is 14.5 Å². The van der Waals surface area contributed by atoms with Crippen molar-refractivity contribution in [3.05, 3.63) is 59.5 Å². The molecule has 0 bridgehead atoms. The Morgan fingerprint density at radius 3 is 2.78 bits per heavy atom. The Labute approximate surface area is 137 Å². The van der Waals surface area contributed by atoms with Crippen molar-refractivity contribution < 1.29 is 0 Å². The van der Waals surface area contributed by atoms with E-state index in [-0.39, 0.29) is 0 Å². The number of benzene rings is 1. The Kier molecular flexibility index (Phi) is 3.86. The lowest BCUT2D eigenvalue weighted by Gasteiger charge is -2.25. The van der Waals surface area contributed by atoms with Crippen molar-refractivity contribution >= 4 is 11.2 Å². The molecule has 0 atom stereocenters. The van der Waals surface area contributed by atoms with Crippen molar-refractivity contribution in [1.29, 1.82) is 0 Å². The standard InChI is InChI=1S/C20H23N3/c1-15-7-5-8-16(13-15)14-19-22-18-11-6-12-21-20(18)23(19)17-9-3-2-4-10-17/h5-8,11-13,17H,2-4,9-10,14H2,1H3. The SMILES string of the molecule is Cc1cccc(Cc2nc3cccnc3n2C2CCCCC2)c1. The van der Waals surface area contributed by atoms with Crippen LogP contribution in [0.15, 0.2) is 42.6 Å². The van der Waals surface area contributed by atoms with Gasteiger partial charge in [0.05, 0.1) is 0 Å². The maximum atomic E-state index is 4.91. The summed E-state index contributed by atoms with van der Waals surface area (Å²) in [5.74, 6) is 1.16. The number of imidazole rings is 1. The normalized spacial score (nSPS) is 16.0. The highest BCUT2D eigenvalue weighted by atomic mass is 15.1. The maximum Gasteiger partial charge on any atom is 0.160 e. The number of pyridine rings is 1. The fraction of sp³-hybridized carbons (Fsp3) is 0.400. The molecular weight excluding hydrogens is 282 g/mol. The van der Waals surface area contributed by atoms with Crippen molar-refractivity contribution in [3.8, 4) is 0 Å². The summed E-state index contributed by atoms with van der Waals surface area (Å²) in [6.45, 7) is 2.15. The first-order chi connectivity index (χ1) is 11.3. The summed E-state index contributed by atoms with van der Waals surface area (Å²) < 4.78 is 2.43. The van der Waals surface area contributed by atoms with Crippen LogP contribution in [0.4, 0.5) is 0 Å². The molecule has 0 saturated heterocycles. The third-order valence-corrected chi connectivity index (χ3v) is 4.91. The van der Waals surface area contributed by atoms with Crippen molar-refractivity contribution in [2.75, 3.05) is 0 Å². The average molecular weight is 305 g/mol. The molecule has 0 unspecified atom stereocenters. The molecule has 2 heterocycles. The van der Waals surface area contributed by atoms with E-state index in [1.165, 1.54) is 43.2 Å². The summed E-state index contributed by atoms with van der Waals surface area (Å²) in [6.07, 6.45) is 9.28. The van der Waals surface area contributed by atoms with Crippen LogP contribution in [0.1, 0.15) is 55.1 Å². The molecule has 3 nitrogen and oxygen atoms in total. The quantitative estimate of drug-likeness (QED) is 0.693. The molecule has 0 spiro atoms. The number of aryl methyl sites for hydroxylation is 1. The maximum absolute atomic E-state index is 4.91. The Bertz CT molecular complexity index is 813. The van der Waals surface area contributed by atoms with E-state index in [4.69, 9.17) is 4.98 Å². The lowest BCUT2D eigenvalue weighted by Crippen LogP contribution is -2.16. The molecule has 0 amide bonds. The van der Waals surface area contributed by atoms with Gasteiger partial charge in [-0.1, -0.05) is 49.1 Å². The largest absolute Gasteiger partial charge is 0.309 e. The van der Waals surface area contributed by atoms with E-state index in [9.17, 15) is 0 Å². The van der Waals surface area contributed by atoms with Crippen molar-refractivity contribution in [2.45, 2.75) is 51.5 Å². The highest BCUT2D eigenvalue weighted by Gasteiger charge is 2.22. The van der Waals surface area contributed by atoms with Crippen molar-refractivity contribution in [2.24, 2.45) is 0 Å². The fourth-order valence-electron chi connectivity index (χ4n) is 3.83. The number of nitrogens with zero attached hydrogens (tertiary/aromatic N) is 3. The Hall–Kier alpha value is -2.16. The monoisotopic (exact) mass is 305 g/mol.